The molecule has 272 valence electrons. The molecule has 0 spiro atoms. The zero-order valence-electron chi connectivity index (χ0n) is 29.1. The van der Waals surface area contributed by atoms with Gasteiger partial charge in [0.15, 0.2) is 34.5 Å². The highest BCUT2D eigenvalue weighted by atomic mass is 16.3. The molecule has 11 aromatic rings. The van der Waals surface area contributed by atoms with E-state index in [1.54, 1.807) is 24.3 Å². The number of aromatic amines is 4. The largest absolute Gasteiger partial charge is 0.504 e. The molecule has 0 radical (unpaired) electrons. The summed E-state index contributed by atoms with van der Waals surface area (Å²) in [6.45, 7) is 0. The van der Waals surface area contributed by atoms with Gasteiger partial charge in [-0.1, -0.05) is 0 Å². The highest BCUT2D eigenvalue weighted by molar-refractivity contribution is 6.43. The fourth-order valence-electron chi connectivity index (χ4n) is 10.9. The predicted octanol–water partition coefficient (Wildman–Crippen LogP) is 3.71. The number of aromatic hydroxyl groups is 6. The number of H-pyrrole nitrogens is 4. The molecule has 6 aliphatic rings. The fraction of sp³-hybridized carbons (Fsp3) is 0.136. The zero-order chi connectivity index (χ0) is 37.8. The minimum atomic E-state index is -0.633. The third-order valence-corrected chi connectivity index (χ3v) is 13.2. The minimum Gasteiger partial charge on any atom is -0.504 e. The van der Waals surface area contributed by atoms with Crippen LogP contribution in [0.4, 0.5) is 0 Å². The number of aryl methyl sites for hydroxylation is 2. The first-order valence-electron chi connectivity index (χ1n) is 18.6. The standard InChI is InChI=1S/C44H28N4O8/c49-37-13-1-2-14(38(37)50)30-22-10-24-32-16-5-6-18(42(54)40(16)52)34(32)26(47-24)12-28-36-20-8-7-19(43(55)44(20)56)35(36)27(48-28)11-25-33-17-4-3-15(39(51)41(17)53)31(33)23(46-25)9-21(45-22)29(13)30/h1-4,9-12,16,18,45-51,53,55-56H,5-8H2. The van der Waals surface area contributed by atoms with Gasteiger partial charge < -0.3 is 50.6 Å². The lowest BCUT2D eigenvalue weighted by Crippen LogP contribution is -2.41. The highest BCUT2D eigenvalue weighted by Gasteiger charge is 2.47. The summed E-state index contributed by atoms with van der Waals surface area (Å²) in [5.74, 6) is -3.42. The van der Waals surface area contributed by atoms with Crippen molar-refractivity contribution in [3.63, 3.8) is 0 Å². The van der Waals surface area contributed by atoms with Crippen molar-refractivity contribution in [1.82, 2.24) is 19.9 Å². The Hall–Kier alpha value is -7.34. The summed E-state index contributed by atoms with van der Waals surface area (Å²) in [5.41, 5.74) is 5.13. The second kappa shape index (κ2) is 9.47. The first-order chi connectivity index (χ1) is 27.1. The van der Waals surface area contributed by atoms with Crippen LogP contribution in [-0.2, 0) is 22.4 Å². The number of phenols is 10. The van der Waals surface area contributed by atoms with E-state index >= 15 is 0 Å². The molecule has 56 heavy (non-hydrogen) atoms. The molecule has 4 aromatic heterocycles. The van der Waals surface area contributed by atoms with E-state index in [1.807, 2.05) is 24.3 Å². The third-order valence-electron chi connectivity index (χ3n) is 13.2. The summed E-state index contributed by atoms with van der Waals surface area (Å²) >= 11 is 0. The first-order valence-corrected chi connectivity index (χ1v) is 18.6. The zero-order valence-corrected chi connectivity index (χ0v) is 29.1. The number of aromatic nitrogens is 4. The van der Waals surface area contributed by atoms with Gasteiger partial charge in [-0.15, -0.1) is 0 Å². The van der Waals surface area contributed by atoms with Crippen LogP contribution in [0.2, 0.25) is 0 Å². The summed E-state index contributed by atoms with van der Waals surface area (Å²) in [7, 11) is 0. The van der Waals surface area contributed by atoms with Crippen LogP contribution < -0.4 is 21.4 Å². The maximum atomic E-state index is 13.5. The van der Waals surface area contributed by atoms with Crippen LogP contribution in [0.1, 0.15) is 69.7 Å². The van der Waals surface area contributed by atoms with Gasteiger partial charge in [-0.2, -0.15) is 0 Å². The van der Waals surface area contributed by atoms with Crippen LogP contribution in [0.25, 0.3) is 78.2 Å². The maximum Gasteiger partial charge on any atom is 0.206 e. The van der Waals surface area contributed by atoms with Crippen LogP contribution in [0, 0.1) is 0 Å². The van der Waals surface area contributed by atoms with Gasteiger partial charge in [0.05, 0.1) is 11.8 Å². The smallest absolute Gasteiger partial charge is 0.206 e. The predicted molar refractivity (Wildman–Crippen MR) is 208 cm³/mol. The number of ketones is 2. The highest BCUT2D eigenvalue weighted by Crippen LogP contribution is 2.50. The topological polar surface area (TPSA) is 219 Å². The Morgan fingerprint density at radius 2 is 0.750 bits per heavy atom. The first kappa shape index (κ1) is 30.0. The van der Waals surface area contributed by atoms with Crippen molar-refractivity contribution in [2.45, 2.75) is 37.5 Å². The quantitative estimate of drug-likeness (QED) is 0.0815. The lowest BCUT2D eigenvalue weighted by atomic mass is 9.66. The average Bonchev–Trinajstić information content (AvgIpc) is 3.96. The number of carbonyl (C=O) groups is 2. The number of phenolic OH excluding ortho intramolecular Hbond substituents is 6. The van der Waals surface area contributed by atoms with Gasteiger partial charge in [0, 0.05) is 109 Å². The van der Waals surface area contributed by atoms with Crippen molar-refractivity contribution in [2.24, 2.45) is 0 Å². The van der Waals surface area contributed by atoms with Gasteiger partial charge in [-0.05, 0) is 85.4 Å². The molecule has 7 aromatic carbocycles. The SMILES string of the molecule is O=C1C(=O)C2CCC1c1c2c2[nH]c1=Cc1[nH]c(c3c4c(O)c(O)c(c13)CC4)C=c1[nH]c(c3c4ccc(c(O)c4O)c13)=Cc1[nH]c(c3c4ccc(c(O)c4O)c13)C=2. The van der Waals surface area contributed by atoms with Gasteiger partial charge in [-0.3, -0.25) is 9.59 Å². The van der Waals surface area contributed by atoms with Gasteiger partial charge in [0.1, 0.15) is 0 Å². The molecule has 5 heterocycles. The van der Waals surface area contributed by atoms with E-state index in [4.69, 9.17) is 0 Å². The van der Waals surface area contributed by atoms with Gasteiger partial charge in [-0.25, -0.2) is 0 Å². The van der Waals surface area contributed by atoms with Crippen LogP contribution in [0.5, 0.6) is 34.5 Å². The number of carbonyl (C=O) groups excluding carboxylic acids is 2. The summed E-state index contributed by atoms with van der Waals surface area (Å²) < 4.78 is 0. The number of Topliss-reactive ketones (excluding diaryl/α,β-unsaturated/α-hetero) is 2. The van der Waals surface area contributed by atoms with E-state index < -0.39 is 23.4 Å². The Bertz CT molecular complexity index is 3670. The van der Waals surface area contributed by atoms with Gasteiger partial charge >= 0.3 is 0 Å². The second-order valence-electron chi connectivity index (χ2n) is 15.7. The molecule has 2 atom stereocenters. The minimum absolute atomic E-state index is 0.171. The molecule has 17 rings (SSSR count). The van der Waals surface area contributed by atoms with Gasteiger partial charge in [0.25, 0.3) is 0 Å². The Morgan fingerprint density at radius 3 is 1.16 bits per heavy atom. The van der Waals surface area contributed by atoms with Crippen LogP contribution in [0.3, 0.4) is 0 Å². The van der Waals surface area contributed by atoms with Crippen molar-refractivity contribution in [1.29, 1.82) is 0 Å². The second-order valence-corrected chi connectivity index (χ2v) is 15.7. The molecular formula is C44H28N4O8. The van der Waals surface area contributed by atoms with E-state index in [-0.39, 0.29) is 34.5 Å². The van der Waals surface area contributed by atoms with Crippen molar-refractivity contribution in [3.05, 3.63) is 90.7 Å². The van der Waals surface area contributed by atoms with Crippen LogP contribution in [-0.4, -0.2) is 62.1 Å². The summed E-state index contributed by atoms with van der Waals surface area (Å²) in [6, 6.07) is 7.00. The Balaban J connectivity index is 1.28. The van der Waals surface area contributed by atoms with Crippen LogP contribution >= 0.6 is 0 Å². The summed E-state index contributed by atoms with van der Waals surface area (Å²) in [5, 5.41) is 75.1. The van der Waals surface area contributed by atoms with Crippen molar-refractivity contribution in [3.8, 4) is 34.5 Å². The van der Waals surface area contributed by atoms with Crippen molar-refractivity contribution < 1.29 is 40.2 Å². The number of rotatable bonds is 0. The number of nitrogens with one attached hydrogen (secondary N) is 4. The molecule has 16 bridgehead atoms. The Kier molecular flexibility index (Phi) is 5.08. The molecule has 1 aliphatic heterocycles. The molecule has 12 heteroatoms. The summed E-state index contributed by atoms with van der Waals surface area (Å²) in [4.78, 5) is 41.2. The average molecular weight is 741 g/mol. The molecule has 5 aliphatic carbocycles. The molecule has 1 fully saturated rings. The van der Waals surface area contributed by atoms with Crippen molar-refractivity contribution >= 4 is 89.7 Å². The molecule has 1 saturated carbocycles. The maximum absolute atomic E-state index is 13.5. The van der Waals surface area contributed by atoms with E-state index in [2.05, 4.69) is 19.9 Å². The molecule has 12 nitrogen and oxygen atoms in total. The van der Waals surface area contributed by atoms with Gasteiger partial charge in [0.2, 0.25) is 11.6 Å². The van der Waals surface area contributed by atoms with E-state index in [1.165, 1.54) is 0 Å². The molecule has 0 saturated heterocycles. The van der Waals surface area contributed by atoms with E-state index in [9.17, 15) is 40.2 Å². The lowest BCUT2D eigenvalue weighted by molar-refractivity contribution is -0.141. The van der Waals surface area contributed by atoms with Crippen molar-refractivity contribution in [2.75, 3.05) is 0 Å². The molecule has 0 amide bonds. The number of fused-ring (bicyclic) bond motifs is 16. The summed E-state index contributed by atoms with van der Waals surface area (Å²) in [6.07, 6.45) is 9.66. The fourth-order valence-corrected chi connectivity index (χ4v) is 10.9. The molecule has 2 unspecified atom stereocenters. The lowest BCUT2D eigenvalue weighted by Gasteiger charge is -2.33. The monoisotopic (exact) mass is 740 g/mol. The number of benzene rings is 7. The van der Waals surface area contributed by atoms with E-state index in [0.717, 1.165) is 21.9 Å². The van der Waals surface area contributed by atoms with Crippen LogP contribution in [0.15, 0.2) is 24.3 Å². The molecular weight excluding hydrogens is 713 g/mol. The number of hydrogen-bond donors (Lipinski definition) is 10. The Morgan fingerprint density at radius 1 is 0.411 bits per heavy atom. The number of hydrogen-bond acceptors (Lipinski definition) is 8. The van der Waals surface area contributed by atoms with E-state index in [0.29, 0.717) is 124 Å². The normalized spacial score (nSPS) is 18.4. The molecule has 10 N–H and O–H groups in total. The third kappa shape index (κ3) is 3.26. The Labute approximate surface area is 311 Å².